The number of aromatic nitrogens is 3. The lowest BCUT2D eigenvalue weighted by Crippen LogP contribution is -2.39. The molecule has 0 spiro atoms. The van der Waals surface area contributed by atoms with Gasteiger partial charge >= 0.3 is 5.97 Å². The zero-order valence-corrected chi connectivity index (χ0v) is 12.5. The molecule has 0 atom stereocenters. The van der Waals surface area contributed by atoms with Crippen LogP contribution >= 0.6 is 0 Å². The van der Waals surface area contributed by atoms with Crippen molar-refractivity contribution >= 4 is 11.9 Å². The van der Waals surface area contributed by atoms with Crippen LogP contribution in [0.15, 0.2) is 24.4 Å². The van der Waals surface area contributed by atoms with Gasteiger partial charge in [0, 0.05) is 11.6 Å². The molecule has 1 saturated carbocycles. The van der Waals surface area contributed by atoms with E-state index in [1.54, 1.807) is 0 Å². The second-order valence-corrected chi connectivity index (χ2v) is 5.84. The van der Waals surface area contributed by atoms with E-state index >= 15 is 0 Å². The van der Waals surface area contributed by atoms with E-state index in [1.807, 2.05) is 0 Å². The Kier molecular flexibility index (Phi) is 4.00. The Morgan fingerprint density at radius 3 is 2.71 bits per heavy atom. The Balaban J connectivity index is 1.67. The minimum atomic E-state index is -1.10. The molecule has 24 heavy (non-hydrogen) atoms. The van der Waals surface area contributed by atoms with E-state index in [-0.39, 0.29) is 12.1 Å². The maximum atomic E-state index is 13.8. The summed E-state index contributed by atoms with van der Waals surface area (Å²) in [6, 6.07) is 3.35. The van der Waals surface area contributed by atoms with Gasteiger partial charge in [0.25, 0.3) is 5.91 Å². The Morgan fingerprint density at radius 2 is 2.08 bits per heavy atom. The average molecular weight is 336 g/mol. The molecular formula is C15H14F2N4O3. The highest BCUT2D eigenvalue weighted by atomic mass is 19.1. The van der Waals surface area contributed by atoms with Crippen molar-refractivity contribution < 1.29 is 23.5 Å². The van der Waals surface area contributed by atoms with Gasteiger partial charge in [0.05, 0.1) is 6.20 Å². The summed E-state index contributed by atoms with van der Waals surface area (Å²) in [5.74, 6) is -2.91. The molecular weight excluding hydrogens is 322 g/mol. The molecule has 7 nitrogen and oxygen atoms in total. The SMILES string of the molecule is O=C(O)Cn1cc(C(=O)NC2(Cc3ccc(F)cc3F)CC2)nn1. The van der Waals surface area contributed by atoms with Crippen molar-refractivity contribution in [3.63, 3.8) is 0 Å². The zero-order valence-electron chi connectivity index (χ0n) is 12.5. The Labute approximate surface area is 135 Å². The summed E-state index contributed by atoms with van der Waals surface area (Å²) in [5.41, 5.74) is -0.280. The average Bonchev–Trinajstić information content (AvgIpc) is 3.08. The Morgan fingerprint density at radius 1 is 1.33 bits per heavy atom. The molecule has 0 unspecified atom stereocenters. The van der Waals surface area contributed by atoms with Crippen molar-refractivity contribution in [2.24, 2.45) is 0 Å². The molecule has 1 aliphatic rings. The number of carbonyl (C=O) groups is 2. The highest BCUT2D eigenvalue weighted by Crippen LogP contribution is 2.39. The largest absolute Gasteiger partial charge is 0.480 e. The van der Waals surface area contributed by atoms with E-state index in [9.17, 15) is 18.4 Å². The first-order chi connectivity index (χ1) is 11.4. The third-order valence-electron chi connectivity index (χ3n) is 3.84. The van der Waals surface area contributed by atoms with Gasteiger partial charge in [-0.05, 0) is 30.9 Å². The Hall–Kier alpha value is -2.84. The van der Waals surface area contributed by atoms with Gasteiger partial charge in [0.15, 0.2) is 5.69 Å². The number of nitrogens with one attached hydrogen (secondary N) is 1. The van der Waals surface area contributed by atoms with E-state index < -0.39 is 35.6 Å². The number of hydrogen-bond donors (Lipinski definition) is 2. The number of benzene rings is 1. The molecule has 1 fully saturated rings. The lowest BCUT2D eigenvalue weighted by molar-refractivity contribution is -0.137. The van der Waals surface area contributed by atoms with Crippen LogP contribution in [0.3, 0.4) is 0 Å². The minimum Gasteiger partial charge on any atom is -0.480 e. The summed E-state index contributed by atoms with van der Waals surface area (Å²) in [4.78, 5) is 22.8. The summed E-state index contributed by atoms with van der Waals surface area (Å²) >= 11 is 0. The molecule has 126 valence electrons. The van der Waals surface area contributed by atoms with Crippen LogP contribution in [0.25, 0.3) is 0 Å². The molecule has 0 bridgehead atoms. The molecule has 1 aliphatic carbocycles. The van der Waals surface area contributed by atoms with Crippen LogP contribution < -0.4 is 5.32 Å². The second kappa shape index (κ2) is 5.99. The molecule has 1 aromatic carbocycles. The van der Waals surface area contributed by atoms with E-state index in [0.717, 1.165) is 10.7 Å². The summed E-state index contributed by atoms with van der Waals surface area (Å²) in [7, 11) is 0. The van der Waals surface area contributed by atoms with Crippen molar-refractivity contribution in [2.45, 2.75) is 31.3 Å². The van der Waals surface area contributed by atoms with Crippen LogP contribution in [0, 0.1) is 11.6 Å². The van der Waals surface area contributed by atoms with Crippen LogP contribution in [0.1, 0.15) is 28.9 Å². The maximum absolute atomic E-state index is 13.8. The van der Waals surface area contributed by atoms with E-state index in [2.05, 4.69) is 15.6 Å². The number of carboxylic acid groups (broad SMARTS) is 1. The van der Waals surface area contributed by atoms with Crippen molar-refractivity contribution in [1.82, 2.24) is 20.3 Å². The molecule has 2 N–H and O–H groups in total. The number of hydrogen-bond acceptors (Lipinski definition) is 4. The van der Waals surface area contributed by atoms with Gasteiger partial charge < -0.3 is 10.4 Å². The number of carboxylic acids is 1. The summed E-state index contributed by atoms with van der Waals surface area (Å²) < 4.78 is 27.7. The molecule has 0 radical (unpaired) electrons. The number of nitrogens with zero attached hydrogens (tertiary/aromatic N) is 3. The smallest absolute Gasteiger partial charge is 0.325 e. The van der Waals surface area contributed by atoms with Crippen molar-refractivity contribution in [1.29, 1.82) is 0 Å². The third-order valence-corrected chi connectivity index (χ3v) is 3.84. The zero-order chi connectivity index (χ0) is 17.3. The second-order valence-electron chi connectivity index (χ2n) is 5.84. The molecule has 1 heterocycles. The van der Waals surface area contributed by atoms with Gasteiger partial charge in [-0.2, -0.15) is 0 Å². The summed E-state index contributed by atoms with van der Waals surface area (Å²) in [6.45, 7) is -0.397. The molecule has 1 amide bonds. The van der Waals surface area contributed by atoms with Crippen LogP contribution in [-0.2, 0) is 17.8 Å². The van der Waals surface area contributed by atoms with Gasteiger partial charge in [0.1, 0.15) is 18.2 Å². The van der Waals surface area contributed by atoms with E-state index in [0.29, 0.717) is 18.4 Å². The number of rotatable bonds is 6. The number of aliphatic carboxylic acids is 1. The van der Waals surface area contributed by atoms with Crippen molar-refractivity contribution in [3.05, 3.63) is 47.3 Å². The van der Waals surface area contributed by atoms with Gasteiger partial charge in [-0.15, -0.1) is 5.10 Å². The monoisotopic (exact) mass is 336 g/mol. The third kappa shape index (κ3) is 3.55. The van der Waals surface area contributed by atoms with Gasteiger partial charge in [-0.1, -0.05) is 11.3 Å². The van der Waals surface area contributed by atoms with E-state index in [4.69, 9.17) is 5.11 Å². The highest BCUT2D eigenvalue weighted by Gasteiger charge is 2.44. The predicted octanol–water partition coefficient (Wildman–Crippen LogP) is 1.15. The summed E-state index contributed by atoms with van der Waals surface area (Å²) in [5, 5.41) is 18.6. The Bertz CT molecular complexity index is 802. The lowest BCUT2D eigenvalue weighted by Gasteiger charge is -2.17. The fraction of sp³-hybridized carbons (Fsp3) is 0.333. The first-order valence-electron chi connectivity index (χ1n) is 7.25. The normalized spacial score (nSPS) is 15.1. The fourth-order valence-electron chi connectivity index (χ4n) is 2.45. The predicted molar refractivity (Wildman–Crippen MR) is 77.2 cm³/mol. The molecule has 1 aromatic heterocycles. The van der Waals surface area contributed by atoms with Crippen LogP contribution in [0.5, 0.6) is 0 Å². The first kappa shape index (κ1) is 16.0. The summed E-state index contributed by atoms with van der Waals surface area (Å²) in [6.07, 6.45) is 2.81. The standard InChI is InChI=1S/C15H14F2N4O3/c16-10-2-1-9(11(17)5-10)6-15(3-4-15)18-14(24)12-7-21(20-19-12)8-13(22)23/h1-2,5,7H,3-4,6,8H2,(H,18,24)(H,22,23). The van der Waals surface area contributed by atoms with E-state index in [1.165, 1.54) is 18.3 Å². The molecule has 0 saturated heterocycles. The minimum absolute atomic E-state index is 0.0119. The lowest BCUT2D eigenvalue weighted by atomic mass is 10.0. The van der Waals surface area contributed by atoms with Gasteiger partial charge in [-0.3, -0.25) is 9.59 Å². The maximum Gasteiger partial charge on any atom is 0.325 e. The quantitative estimate of drug-likeness (QED) is 0.825. The van der Waals surface area contributed by atoms with Crippen molar-refractivity contribution in [2.75, 3.05) is 0 Å². The van der Waals surface area contributed by atoms with Gasteiger partial charge in [-0.25, -0.2) is 13.5 Å². The van der Waals surface area contributed by atoms with Crippen molar-refractivity contribution in [3.8, 4) is 0 Å². The topological polar surface area (TPSA) is 97.1 Å². The van der Waals surface area contributed by atoms with Crippen LogP contribution in [-0.4, -0.2) is 37.5 Å². The van der Waals surface area contributed by atoms with Gasteiger partial charge in [0.2, 0.25) is 0 Å². The number of amides is 1. The van der Waals surface area contributed by atoms with Crippen LogP contribution in [0.2, 0.25) is 0 Å². The molecule has 3 rings (SSSR count). The molecule has 2 aromatic rings. The fourth-order valence-corrected chi connectivity index (χ4v) is 2.45. The number of halogens is 2. The van der Waals surface area contributed by atoms with Crippen LogP contribution in [0.4, 0.5) is 8.78 Å². The highest BCUT2D eigenvalue weighted by molar-refractivity contribution is 5.92. The molecule has 0 aliphatic heterocycles. The molecule has 9 heteroatoms. The first-order valence-corrected chi connectivity index (χ1v) is 7.25. The number of carbonyl (C=O) groups excluding carboxylic acids is 1.